The SMILES string of the molecule is CN(CCC#N)C(=O)CCn1c(=O)oc2ccccc21. The van der Waals surface area contributed by atoms with E-state index in [4.69, 9.17) is 9.68 Å². The van der Waals surface area contributed by atoms with Gasteiger partial charge < -0.3 is 9.32 Å². The van der Waals surface area contributed by atoms with Crippen LogP contribution in [0, 0.1) is 11.3 Å². The number of rotatable bonds is 5. The van der Waals surface area contributed by atoms with Gasteiger partial charge in [-0.3, -0.25) is 9.36 Å². The number of aromatic nitrogens is 1. The smallest absolute Gasteiger partial charge is 0.408 e. The van der Waals surface area contributed by atoms with Crippen LogP contribution in [-0.2, 0) is 11.3 Å². The molecule has 0 unspecified atom stereocenters. The molecule has 0 aliphatic heterocycles. The van der Waals surface area contributed by atoms with Crippen molar-refractivity contribution in [1.82, 2.24) is 9.47 Å². The molecule has 0 spiro atoms. The number of nitriles is 1. The maximum Gasteiger partial charge on any atom is 0.419 e. The Labute approximate surface area is 115 Å². The van der Waals surface area contributed by atoms with Gasteiger partial charge in [-0.05, 0) is 12.1 Å². The minimum atomic E-state index is -0.460. The highest BCUT2D eigenvalue weighted by Crippen LogP contribution is 2.12. The lowest BCUT2D eigenvalue weighted by molar-refractivity contribution is -0.130. The Kier molecular flexibility index (Phi) is 4.20. The quantitative estimate of drug-likeness (QED) is 0.823. The Bertz CT molecular complexity index is 708. The molecule has 1 heterocycles. The van der Waals surface area contributed by atoms with Crippen molar-refractivity contribution >= 4 is 17.0 Å². The summed E-state index contributed by atoms with van der Waals surface area (Å²) in [5.41, 5.74) is 1.20. The number of aryl methyl sites for hydroxylation is 1. The molecule has 0 radical (unpaired) electrons. The first-order valence-corrected chi connectivity index (χ1v) is 6.33. The third-order valence-corrected chi connectivity index (χ3v) is 3.11. The van der Waals surface area contributed by atoms with Gasteiger partial charge in [0.15, 0.2) is 5.58 Å². The van der Waals surface area contributed by atoms with Gasteiger partial charge in [0.25, 0.3) is 0 Å². The van der Waals surface area contributed by atoms with Crippen molar-refractivity contribution in [2.45, 2.75) is 19.4 Å². The van der Waals surface area contributed by atoms with Crippen molar-refractivity contribution in [3.8, 4) is 6.07 Å². The molecule has 0 aliphatic carbocycles. The predicted molar refractivity (Wildman–Crippen MR) is 73.0 cm³/mol. The molecule has 0 fully saturated rings. The van der Waals surface area contributed by atoms with E-state index >= 15 is 0 Å². The molecule has 0 atom stereocenters. The van der Waals surface area contributed by atoms with Crippen LogP contribution in [0.25, 0.3) is 11.1 Å². The molecule has 1 aromatic carbocycles. The van der Waals surface area contributed by atoms with E-state index in [0.29, 0.717) is 24.1 Å². The minimum Gasteiger partial charge on any atom is -0.408 e. The number of hydrogen-bond donors (Lipinski definition) is 0. The second kappa shape index (κ2) is 6.06. The van der Waals surface area contributed by atoms with Gasteiger partial charge in [0.2, 0.25) is 5.91 Å². The van der Waals surface area contributed by atoms with Crippen LogP contribution in [0.1, 0.15) is 12.8 Å². The Morgan fingerprint density at radius 1 is 1.45 bits per heavy atom. The van der Waals surface area contributed by atoms with E-state index in [9.17, 15) is 9.59 Å². The molecule has 20 heavy (non-hydrogen) atoms. The second-order valence-electron chi connectivity index (χ2n) is 4.46. The normalized spacial score (nSPS) is 10.4. The average Bonchev–Trinajstić information content (AvgIpc) is 2.77. The van der Waals surface area contributed by atoms with E-state index in [1.165, 1.54) is 9.47 Å². The van der Waals surface area contributed by atoms with E-state index in [2.05, 4.69) is 0 Å². The number of oxazole rings is 1. The zero-order valence-electron chi connectivity index (χ0n) is 11.2. The van der Waals surface area contributed by atoms with Gasteiger partial charge in [-0.15, -0.1) is 0 Å². The summed E-state index contributed by atoms with van der Waals surface area (Å²) in [6.07, 6.45) is 0.502. The molecular formula is C14H15N3O3. The van der Waals surface area contributed by atoms with Crippen LogP contribution in [0.2, 0.25) is 0 Å². The number of fused-ring (bicyclic) bond motifs is 1. The fraction of sp³-hybridized carbons (Fsp3) is 0.357. The first-order valence-electron chi connectivity index (χ1n) is 6.33. The van der Waals surface area contributed by atoms with Crippen LogP contribution in [0.3, 0.4) is 0 Å². The minimum absolute atomic E-state index is 0.0996. The van der Waals surface area contributed by atoms with E-state index < -0.39 is 5.76 Å². The maximum atomic E-state index is 11.9. The Balaban J connectivity index is 2.06. The largest absolute Gasteiger partial charge is 0.419 e. The number of nitrogens with zero attached hydrogens (tertiary/aromatic N) is 3. The molecule has 1 aromatic heterocycles. The van der Waals surface area contributed by atoms with E-state index in [1.54, 1.807) is 25.2 Å². The summed E-state index contributed by atoms with van der Waals surface area (Å²) in [4.78, 5) is 25.1. The van der Waals surface area contributed by atoms with Crippen molar-refractivity contribution in [2.75, 3.05) is 13.6 Å². The second-order valence-corrected chi connectivity index (χ2v) is 4.46. The van der Waals surface area contributed by atoms with Crippen LogP contribution < -0.4 is 5.76 Å². The fourth-order valence-corrected chi connectivity index (χ4v) is 1.97. The Hall–Kier alpha value is -2.55. The molecule has 104 valence electrons. The molecule has 0 N–H and O–H groups in total. The summed E-state index contributed by atoms with van der Waals surface area (Å²) in [5.74, 6) is -0.559. The van der Waals surface area contributed by atoms with Crippen LogP contribution in [0.4, 0.5) is 0 Å². The summed E-state index contributed by atoms with van der Waals surface area (Å²) < 4.78 is 6.55. The third kappa shape index (κ3) is 2.88. The molecule has 2 aromatic rings. The van der Waals surface area contributed by atoms with Gasteiger partial charge in [-0.1, -0.05) is 12.1 Å². The van der Waals surface area contributed by atoms with Crippen LogP contribution >= 0.6 is 0 Å². The van der Waals surface area contributed by atoms with Crippen molar-refractivity contribution in [2.24, 2.45) is 0 Å². The number of benzene rings is 1. The van der Waals surface area contributed by atoms with E-state index in [-0.39, 0.29) is 18.9 Å². The Morgan fingerprint density at radius 3 is 2.95 bits per heavy atom. The summed E-state index contributed by atoms with van der Waals surface area (Å²) in [6, 6.07) is 9.09. The molecule has 0 bridgehead atoms. The molecule has 6 nitrogen and oxygen atoms in total. The number of carbonyl (C=O) groups is 1. The average molecular weight is 273 g/mol. The number of amides is 1. The molecule has 6 heteroatoms. The zero-order valence-corrected chi connectivity index (χ0v) is 11.2. The van der Waals surface area contributed by atoms with Gasteiger partial charge in [0.1, 0.15) is 0 Å². The molecule has 0 saturated carbocycles. The summed E-state index contributed by atoms with van der Waals surface area (Å²) in [5, 5.41) is 8.49. The van der Waals surface area contributed by atoms with Crippen LogP contribution in [0.15, 0.2) is 33.5 Å². The van der Waals surface area contributed by atoms with Crippen molar-refractivity contribution in [3.05, 3.63) is 34.8 Å². The van der Waals surface area contributed by atoms with Crippen molar-refractivity contribution in [1.29, 1.82) is 5.26 Å². The first-order chi connectivity index (χ1) is 9.63. The highest BCUT2D eigenvalue weighted by molar-refractivity contribution is 5.76. The summed E-state index contributed by atoms with van der Waals surface area (Å²) in [7, 11) is 1.65. The predicted octanol–water partition coefficient (Wildman–Crippen LogP) is 1.36. The summed E-state index contributed by atoms with van der Waals surface area (Å²) in [6.45, 7) is 0.669. The van der Waals surface area contributed by atoms with Gasteiger partial charge in [-0.25, -0.2) is 4.79 Å². The first kappa shape index (κ1) is 13.9. The van der Waals surface area contributed by atoms with Gasteiger partial charge in [0.05, 0.1) is 18.0 Å². The van der Waals surface area contributed by atoms with Crippen molar-refractivity contribution in [3.63, 3.8) is 0 Å². The fourth-order valence-electron chi connectivity index (χ4n) is 1.97. The van der Waals surface area contributed by atoms with E-state index in [0.717, 1.165) is 0 Å². The Morgan fingerprint density at radius 2 is 2.20 bits per heavy atom. The van der Waals surface area contributed by atoms with Crippen LogP contribution in [-0.4, -0.2) is 29.0 Å². The lowest BCUT2D eigenvalue weighted by atomic mass is 10.3. The molecular weight excluding hydrogens is 258 g/mol. The number of para-hydroxylation sites is 2. The number of carbonyl (C=O) groups excluding carboxylic acids is 1. The monoisotopic (exact) mass is 273 g/mol. The highest BCUT2D eigenvalue weighted by Gasteiger charge is 2.12. The van der Waals surface area contributed by atoms with E-state index in [1.807, 2.05) is 12.1 Å². The molecule has 0 saturated heterocycles. The molecule has 2 rings (SSSR count). The third-order valence-electron chi connectivity index (χ3n) is 3.11. The number of hydrogen-bond acceptors (Lipinski definition) is 4. The van der Waals surface area contributed by atoms with Gasteiger partial charge >= 0.3 is 5.76 Å². The summed E-state index contributed by atoms with van der Waals surface area (Å²) >= 11 is 0. The molecule has 0 aliphatic rings. The molecule has 1 amide bonds. The van der Waals surface area contributed by atoms with Crippen LogP contribution in [0.5, 0.6) is 0 Å². The maximum absolute atomic E-state index is 11.9. The lowest BCUT2D eigenvalue weighted by Gasteiger charge is -2.15. The zero-order chi connectivity index (χ0) is 14.5. The standard InChI is InChI=1S/C14H15N3O3/c1-16(9-4-8-15)13(18)7-10-17-11-5-2-3-6-12(11)20-14(17)19/h2-3,5-6H,4,7,9-10H2,1H3. The highest BCUT2D eigenvalue weighted by atomic mass is 16.4. The topological polar surface area (TPSA) is 79.2 Å². The lowest BCUT2D eigenvalue weighted by Crippen LogP contribution is -2.29. The van der Waals surface area contributed by atoms with Crippen molar-refractivity contribution < 1.29 is 9.21 Å². The van der Waals surface area contributed by atoms with Gasteiger partial charge in [0, 0.05) is 26.6 Å². The van der Waals surface area contributed by atoms with Gasteiger partial charge in [-0.2, -0.15) is 5.26 Å².